The molecule has 16 heavy (non-hydrogen) atoms. The van der Waals surface area contributed by atoms with E-state index in [9.17, 15) is 24.0 Å². The molecule has 0 aliphatic heterocycles. The summed E-state index contributed by atoms with van der Waals surface area (Å²) in [5, 5.41) is 9.71. The maximum atomic E-state index is 10.9. The van der Waals surface area contributed by atoms with E-state index in [0.29, 0.717) is 6.66 Å². The monoisotopic (exact) mass is 338 g/mol. The van der Waals surface area contributed by atoms with Crippen LogP contribution < -0.4 is 9.79 Å². The molecule has 0 saturated heterocycles. The van der Waals surface area contributed by atoms with Crippen LogP contribution >= 0.6 is 31.3 Å². The Labute approximate surface area is 102 Å². The first-order chi connectivity index (χ1) is 6.97. The van der Waals surface area contributed by atoms with Crippen LogP contribution in [0.3, 0.4) is 0 Å². The van der Waals surface area contributed by atoms with Gasteiger partial charge in [-0.2, -0.15) is 0 Å². The molecule has 0 bridgehead atoms. The van der Waals surface area contributed by atoms with Crippen LogP contribution in [0.2, 0.25) is 0 Å². The number of aliphatic hydroxyl groups is 1. The van der Waals surface area contributed by atoms with Crippen LogP contribution in [0.4, 0.5) is 0 Å². The Bertz CT molecular complexity index is 312. The molecule has 1 N–H and O–H groups in total. The largest absolute Gasteiger partial charge is 0.778 e. The molecular formula is C6H13BrO7P2-2. The molecule has 98 valence electrons. The first-order valence-corrected chi connectivity index (χ1v) is 8.78. The fraction of sp³-hybridized carbons (Fsp3) is 1.00. The molecule has 3 atom stereocenters. The summed E-state index contributed by atoms with van der Waals surface area (Å²) in [7, 11) is -9.26. The van der Waals surface area contributed by atoms with Crippen molar-refractivity contribution in [2.24, 2.45) is 0 Å². The molecule has 10 heteroatoms. The number of hydrogen-bond donors (Lipinski definition) is 1. The maximum Gasteiger partial charge on any atom is 0.272 e. The predicted molar refractivity (Wildman–Crippen MR) is 57.2 cm³/mol. The van der Waals surface area contributed by atoms with Crippen LogP contribution in [0, 0.1) is 0 Å². The van der Waals surface area contributed by atoms with Crippen LogP contribution in [-0.2, 0) is 18.0 Å². The third kappa shape index (κ3) is 8.84. The number of halogens is 1. The molecular weight excluding hydrogens is 326 g/mol. The molecule has 0 aliphatic carbocycles. The normalized spacial score (nSPS) is 23.1. The second-order valence-electron chi connectivity index (χ2n) is 3.51. The van der Waals surface area contributed by atoms with Crippen LogP contribution in [-0.4, -0.2) is 29.3 Å². The zero-order valence-electron chi connectivity index (χ0n) is 8.79. The van der Waals surface area contributed by atoms with Gasteiger partial charge in [-0.25, -0.2) is 0 Å². The van der Waals surface area contributed by atoms with Crippen molar-refractivity contribution in [3.63, 3.8) is 0 Å². The van der Waals surface area contributed by atoms with Crippen molar-refractivity contribution in [2.45, 2.75) is 18.9 Å². The van der Waals surface area contributed by atoms with Gasteiger partial charge in [0, 0.05) is 18.4 Å². The molecule has 0 rings (SSSR count). The number of phosphoric acid groups is 1. The fourth-order valence-electron chi connectivity index (χ4n) is 0.649. The maximum absolute atomic E-state index is 10.9. The summed E-state index contributed by atoms with van der Waals surface area (Å²) in [5.74, 6) is 0. The SMILES string of the molecule is CC(O)(CBr)CCOP(=O)([O-])OP(C)(=O)[O-]. The van der Waals surface area contributed by atoms with Crippen LogP contribution in [0.25, 0.3) is 0 Å². The molecule has 0 radical (unpaired) electrons. The molecule has 0 amide bonds. The highest BCUT2D eigenvalue weighted by Gasteiger charge is 2.21. The van der Waals surface area contributed by atoms with Crippen molar-refractivity contribution in [3.8, 4) is 0 Å². The minimum atomic E-state index is -4.86. The molecule has 0 spiro atoms. The van der Waals surface area contributed by atoms with Crippen molar-refractivity contribution in [2.75, 3.05) is 18.6 Å². The Morgan fingerprint density at radius 2 is 1.94 bits per heavy atom. The Morgan fingerprint density at radius 1 is 1.44 bits per heavy atom. The van der Waals surface area contributed by atoms with E-state index in [2.05, 4.69) is 24.8 Å². The van der Waals surface area contributed by atoms with E-state index in [0.717, 1.165) is 0 Å². The van der Waals surface area contributed by atoms with Crippen LogP contribution in [0.15, 0.2) is 0 Å². The fourth-order valence-corrected chi connectivity index (χ4v) is 2.89. The summed E-state index contributed by atoms with van der Waals surface area (Å²) < 4.78 is 29.5. The average Bonchev–Trinajstić information content (AvgIpc) is 1.98. The van der Waals surface area contributed by atoms with Gasteiger partial charge in [0.2, 0.25) is 0 Å². The first kappa shape index (κ1) is 16.7. The number of hydrogen-bond acceptors (Lipinski definition) is 7. The first-order valence-electron chi connectivity index (χ1n) is 4.21. The average molecular weight is 339 g/mol. The molecule has 0 aromatic rings. The molecule has 7 nitrogen and oxygen atoms in total. The Kier molecular flexibility index (Phi) is 6.35. The summed E-state index contributed by atoms with van der Waals surface area (Å²) >= 11 is 3.02. The summed E-state index contributed by atoms with van der Waals surface area (Å²) in [6.07, 6.45) is 0.0146. The van der Waals surface area contributed by atoms with Gasteiger partial charge in [0.25, 0.3) is 7.82 Å². The van der Waals surface area contributed by atoms with Crippen molar-refractivity contribution in [3.05, 3.63) is 0 Å². The van der Waals surface area contributed by atoms with Gasteiger partial charge in [-0.05, 0) is 6.92 Å². The highest BCUT2D eigenvalue weighted by atomic mass is 79.9. The standard InChI is InChI=1S/C6H15BrO7P2/c1-6(8,5-7)3-4-13-16(11,12)14-15(2,9)10/h8H,3-5H2,1-2H3,(H,9,10)(H,11,12)/p-2. The second-order valence-corrected chi connectivity index (χ2v) is 7.42. The van der Waals surface area contributed by atoms with E-state index < -0.39 is 21.0 Å². The minimum absolute atomic E-state index is 0.0146. The number of rotatable bonds is 7. The molecule has 0 aromatic heterocycles. The molecule has 0 fully saturated rings. The van der Waals surface area contributed by atoms with Crippen molar-refractivity contribution in [1.29, 1.82) is 0 Å². The topological polar surface area (TPSA) is 119 Å². The quantitative estimate of drug-likeness (QED) is 0.520. The molecule has 3 unspecified atom stereocenters. The summed E-state index contributed by atoms with van der Waals surface area (Å²) in [5.41, 5.74) is -1.13. The lowest BCUT2D eigenvalue weighted by Crippen LogP contribution is -2.28. The van der Waals surface area contributed by atoms with E-state index in [1.165, 1.54) is 6.92 Å². The summed E-state index contributed by atoms with van der Waals surface area (Å²) in [4.78, 5) is 21.5. The lowest BCUT2D eigenvalue weighted by atomic mass is 10.1. The lowest BCUT2D eigenvalue weighted by molar-refractivity contribution is -0.231. The molecule has 0 aromatic carbocycles. The lowest BCUT2D eigenvalue weighted by Gasteiger charge is -2.29. The third-order valence-electron chi connectivity index (χ3n) is 1.43. The summed E-state index contributed by atoms with van der Waals surface area (Å²) in [6.45, 7) is 1.73. The Balaban J connectivity index is 4.11. The van der Waals surface area contributed by atoms with Gasteiger partial charge in [0.05, 0.1) is 12.2 Å². The summed E-state index contributed by atoms with van der Waals surface area (Å²) in [6, 6.07) is 0. The van der Waals surface area contributed by atoms with Gasteiger partial charge in [-0.15, -0.1) is 0 Å². The van der Waals surface area contributed by atoms with Gasteiger partial charge in [-0.1, -0.05) is 15.9 Å². The van der Waals surface area contributed by atoms with Gasteiger partial charge in [0.1, 0.15) is 7.60 Å². The van der Waals surface area contributed by atoms with Gasteiger partial charge < -0.3 is 24.0 Å². The zero-order chi connectivity index (χ0) is 13.0. The van der Waals surface area contributed by atoms with Crippen LogP contribution in [0.1, 0.15) is 13.3 Å². The van der Waals surface area contributed by atoms with Gasteiger partial charge in [0.15, 0.2) is 0 Å². The van der Waals surface area contributed by atoms with Gasteiger partial charge >= 0.3 is 0 Å². The smallest absolute Gasteiger partial charge is 0.272 e. The van der Waals surface area contributed by atoms with Crippen molar-refractivity contribution in [1.82, 2.24) is 0 Å². The highest BCUT2D eigenvalue weighted by molar-refractivity contribution is 9.09. The van der Waals surface area contributed by atoms with E-state index in [1.807, 2.05) is 0 Å². The van der Waals surface area contributed by atoms with E-state index in [1.54, 1.807) is 0 Å². The minimum Gasteiger partial charge on any atom is -0.778 e. The Hall–Kier alpha value is 0.740. The molecule has 0 saturated carbocycles. The second kappa shape index (κ2) is 6.07. The van der Waals surface area contributed by atoms with Crippen LogP contribution in [0.5, 0.6) is 0 Å². The molecule has 0 aliphatic rings. The van der Waals surface area contributed by atoms with E-state index >= 15 is 0 Å². The zero-order valence-corrected chi connectivity index (χ0v) is 12.2. The van der Waals surface area contributed by atoms with Crippen molar-refractivity contribution < 1.29 is 32.9 Å². The highest BCUT2D eigenvalue weighted by Crippen LogP contribution is 2.52. The van der Waals surface area contributed by atoms with Gasteiger partial charge in [-0.3, -0.25) is 8.88 Å². The number of phosphoric ester groups is 1. The third-order valence-corrected chi connectivity index (χ3v) is 5.12. The Morgan fingerprint density at radius 3 is 2.31 bits per heavy atom. The molecule has 0 heterocycles. The van der Waals surface area contributed by atoms with E-state index in [4.69, 9.17) is 0 Å². The van der Waals surface area contributed by atoms with E-state index in [-0.39, 0.29) is 18.4 Å². The van der Waals surface area contributed by atoms with Crippen molar-refractivity contribution >= 4 is 31.3 Å². The predicted octanol–water partition coefficient (Wildman–Crippen LogP) is 0.207. The number of alkyl halides is 1.